The molecule has 202 valence electrons. The molecule has 0 unspecified atom stereocenters. The van der Waals surface area contributed by atoms with Crippen molar-refractivity contribution in [3.8, 4) is 12.1 Å². The van der Waals surface area contributed by atoms with Gasteiger partial charge < -0.3 is 31.5 Å². The van der Waals surface area contributed by atoms with Gasteiger partial charge in [0.1, 0.15) is 6.61 Å². The number of hydrogen-bond donors (Lipinski definition) is 4. The highest BCUT2D eigenvalue weighted by molar-refractivity contribution is 5.95. The number of aromatic nitrogens is 4. The first-order valence-electron chi connectivity index (χ1n) is 12.6. The maximum atomic E-state index is 13.0. The van der Waals surface area contributed by atoms with Crippen LogP contribution in [-0.2, 0) is 0 Å². The smallest absolute Gasteiger partial charge is 0.322 e. The molecular weight excluding hydrogens is 490 g/mol. The van der Waals surface area contributed by atoms with E-state index in [-0.39, 0.29) is 41.7 Å². The lowest BCUT2D eigenvalue weighted by atomic mass is 9.93. The van der Waals surface area contributed by atoms with Crippen molar-refractivity contribution in [3.63, 3.8) is 0 Å². The van der Waals surface area contributed by atoms with Gasteiger partial charge in [0.15, 0.2) is 5.69 Å². The molecule has 1 saturated heterocycles. The summed E-state index contributed by atoms with van der Waals surface area (Å²) in [7, 11) is 0. The number of primary amides is 1. The van der Waals surface area contributed by atoms with E-state index >= 15 is 0 Å². The Bertz CT molecular complexity index is 1260. The number of pyridine rings is 1. The van der Waals surface area contributed by atoms with E-state index in [0.29, 0.717) is 25.9 Å². The first-order valence-corrected chi connectivity index (χ1v) is 12.6. The van der Waals surface area contributed by atoms with Crippen LogP contribution in [0.25, 0.3) is 0 Å². The number of ether oxygens (including phenoxy) is 1. The molecule has 0 aromatic carbocycles. The Labute approximate surface area is 220 Å². The van der Waals surface area contributed by atoms with Crippen molar-refractivity contribution < 1.29 is 19.4 Å². The van der Waals surface area contributed by atoms with E-state index in [1.165, 1.54) is 0 Å². The van der Waals surface area contributed by atoms with Gasteiger partial charge in [0.05, 0.1) is 28.8 Å². The Kier molecular flexibility index (Phi) is 7.37. The molecule has 1 atom stereocenters. The Hall–Kier alpha value is -4.05. The molecule has 13 nitrogen and oxygen atoms in total. The Balaban J connectivity index is 1.52. The molecule has 1 saturated carbocycles. The minimum Gasteiger partial charge on any atom is -0.462 e. The number of anilines is 2. The summed E-state index contributed by atoms with van der Waals surface area (Å²) in [5.41, 5.74) is 10.6. The summed E-state index contributed by atoms with van der Waals surface area (Å²) >= 11 is 0. The van der Waals surface area contributed by atoms with E-state index < -0.39 is 28.9 Å². The fourth-order valence-electron chi connectivity index (χ4n) is 4.02. The SMILES string of the molecule is C[C@@H](NC(=O)c1nc(OCC2(C#N)CC2)nc(N2CCC(c3ccc(N)c(C(N)=O)n3)CC2)n1)C(C)(C)O. The molecule has 0 spiro atoms. The van der Waals surface area contributed by atoms with E-state index in [1.54, 1.807) is 32.9 Å². The summed E-state index contributed by atoms with van der Waals surface area (Å²) in [5.74, 6) is -1.04. The van der Waals surface area contributed by atoms with E-state index in [2.05, 4.69) is 31.3 Å². The van der Waals surface area contributed by atoms with Crippen LogP contribution in [-0.4, -0.2) is 68.2 Å². The number of aliphatic hydroxyl groups is 1. The number of hydrogen-bond acceptors (Lipinski definition) is 11. The van der Waals surface area contributed by atoms with Crippen molar-refractivity contribution in [1.29, 1.82) is 5.26 Å². The van der Waals surface area contributed by atoms with Crippen LogP contribution in [0.4, 0.5) is 11.6 Å². The average molecular weight is 524 g/mol. The molecule has 2 aromatic heterocycles. The molecule has 2 aromatic rings. The quantitative estimate of drug-likeness (QED) is 0.363. The second-order valence-corrected chi connectivity index (χ2v) is 10.6. The van der Waals surface area contributed by atoms with E-state index in [9.17, 15) is 20.0 Å². The van der Waals surface area contributed by atoms with Crippen LogP contribution in [0.2, 0.25) is 0 Å². The van der Waals surface area contributed by atoms with Crippen LogP contribution >= 0.6 is 0 Å². The van der Waals surface area contributed by atoms with Crippen molar-refractivity contribution in [3.05, 3.63) is 29.3 Å². The van der Waals surface area contributed by atoms with Crippen LogP contribution < -0.4 is 26.4 Å². The first kappa shape index (κ1) is 27.0. The Morgan fingerprint density at radius 3 is 2.53 bits per heavy atom. The van der Waals surface area contributed by atoms with Crippen molar-refractivity contribution >= 4 is 23.5 Å². The standard InChI is InChI=1S/C25H33N9O4/c1-14(24(2,3)37)29-21(36)20-31-22(33-23(32-20)38-13-25(12-26)8-9-25)34-10-6-15(7-11-34)17-5-4-16(27)18(30-17)19(28)35/h4-5,14-15,37H,6-11,13,27H2,1-3H3,(H2,28,35)(H,29,36)/t14-/m1/s1. The predicted molar refractivity (Wildman–Crippen MR) is 137 cm³/mol. The highest BCUT2D eigenvalue weighted by Crippen LogP contribution is 2.44. The van der Waals surface area contributed by atoms with Gasteiger partial charge in [-0.05, 0) is 58.6 Å². The number of nitrogen functional groups attached to an aromatic ring is 1. The second kappa shape index (κ2) is 10.4. The van der Waals surface area contributed by atoms with Crippen LogP contribution in [0.3, 0.4) is 0 Å². The second-order valence-electron chi connectivity index (χ2n) is 10.6. The fourth-order valence-corrected chi connectivity index (χ4v) is 4.02. The summed E-state index contributed by atoms with van der Waals surface area (Å²) < 4.78 is 5.75. The third-order valence-corrected chi connectivity index (χ3v) is 7.16. The van der Waals surface area contributed by atoms with Gasteiger partial charge in [-0.15, -0.1) is 0 Å². The number of rotatable bonds is 9. The zero-order chi connectivity index (χ0) is 27.7. The number of nitrogens with one attached hydrogen (secondary N) is 1. The van der Waals surface area contributed by atoms with Gasteiger partial charge >= 0.3 is 6.01 Å². The number of piperidine rings is 1. The lowest BCUT2D eigenvalue weighted by Gasteiger charge is -2.32. The zero-order valence-electron chi connectivity index (χ0n) is 21.8. The van der Waals surface area contributed by atoms with Crippen LogP contribution in [0.1, 0.15) is 79.2 Å². The topological polar surface area (TPSA) is 206 Å². The van der Waals surface area contributed by atoms with Crippen LogP contribution in [0.5, 0.6) is 6.01 Å². The summed E-state index contributed by atoms with van der Waals surface area (Å²) in [4.78, 5) is 43.9. The van der Waals surface area contributed by atoms with Crippen LogP contribution in [0, 0.1) is 16.7 Å². The van der Waals surface area contributed by atoms with Gasteiger partial charge in [-0.2, -0.15) is 20.2 Å². The number of amides is 2. The third-order valence-electron chi connectivity index (χ3n) is 7.16. The highest BCUT2D eigenvalue weighted by Gasteiger charge is 2.44. The molecule has 2 aliphatic rings. The van der Waals surface area contributed by atoms with Crippen molar-refractivity contribution in [2.75, 3.05) is 30.3 Å². The molecule has 6 N–H and O–H groups in total. The summed E-state index contributed by atoms with van der Waals surface area (Å²) in [5, 5.41) is 22.3. The van der Waals surface area contributed by atoms with Crippen molar-refractivity contribution in [2.24, 2.45) is 11.1 Å². The monoisotopic (exact) mass is 523 g/mol. The predicted octanol–water partition coefficient (Wildman–Crippen LogP) is 0.903. The molecule has 3 heterocycles. The van der Waals surface area contributed by atoms with Gasteiger partial charge in [-0.1, -0.05) is 0 Å². The summed E-state index contributed by atoms with van der Waals surface area (Å²) in [6.45, 7) is 6.09. The van der Waals surface area contributed by atoms with Crippen LogP contribution in [0.15, 0.2) is 12.1 Å². The summed E-state index contributed by atoms with van der Waals surface area (Å²) in [6, 6.07) is 5.09. The van der Waals surface area contributed by atoms with Gasteiger partial charge in [-0.25, -0.2) is 4.98 Å². The van der Waals surface area contributed by atoms with Gasteiger partial charge in [0.25, 0.3) is 11.8 Å². The van der Waals surface area contributed by atoms with E-state index in [0.717, 1.165) is 18.5 Å². The minimum atomic E-state index is -1.15. The average Bonchev–Trinajstić information content (AvgIpc) is 3.67. The molecule has 1 aliphatic carbocycles. The van der Waals surface area contributed by atoms with E-state index in [1.807, 2.05) is 4.90 Å². The van der Waals surface area contributed by atoms with Gasteiger partial charge in [-0.3, -0.25) is 9.59 Å². The Morgan fingerprint density at radius 1 is 1.26 bits per heavy atom. The molecule has 1 aliphatic heterocycles. The zero-order valence-corrected chi connectivity index (χ0v) is 21.8. The number of nitrogens with two attached hydrogens (primary N) is 2. The number of nitriles is 1. The number of nitrogens with zero attached hydrogens (tertiary/aromatic N) is 6. The molecule has 2 fully saturated rings. The third kappa shape index (κ3) is 6.08. The molecule has 4 rings (SSSR count). The maximum Gasteiger partial charge on any atom is 0.322 e. The maximum absolute atomic E-state index is 13.0. The molecule has 38 heavy (non-hydrogen) atoms. The fraction of sp³-hybridized carbons (Fsp3) is 0.560. The molecule has 0 bridgehead atoms. The molecule has 13 heteroatoms. The van der Waals surface area contributed by atoms with Gasteiger partial charge in [0.2, 0.25) is 11.8 Å². The van der Waals surface area contributed by atoms with Crippen molar-refractivity contribution in [1.82, 2.24) is 25.3 Å². The molecule has 0 radical (unpaired) electrons. The largest absolute Gasteiger partial charge is 0.462 e. The van der Waals surface area contributed by atoms with Gasteiger partial charge in [0, 0.05) is 24.7 Å². The lowest BCUT2D eigenvalue weighted by Crippen LogP contribution is -2.47. The van der Waals surface area contributed by atoms with Crippen molar-refractivity contribution in [2.45, 2.75) is 64.0 Å². The molecule has 2 amide bonds. The Morgan fingerprint density at radius 2 is 1.95 bits per heavy atom. The molecular formula is C25H33N9O4. The normalized spacial score (nSPS) is 17.8. The lowest BCUT2D eigenvalue weighted by molar-refractivity contribution is 0.0405. The number of carbonyl (C=O) groups excluding carboxylic acids is 2. The first-order chi connectivity index (χ1) is 17.9. The summed E-state index contributed by atoms with van der Waals surface area (Å²) in [6.07, 6.45) is 2.85. The number of carbonyl (C=O) groups is 2. The van der Waals surface area contributed by atoms with E-state index in [4.69, 9.17) is 16.2 Å². The minimum absolute atomic E-state index is 0.0361. The highest BCUT2D eigenvalue weighted by atomic mass is 16.5.